The summed E-state index contributed by atoms with van der Waals surface area (Å²) in [4.78, 5) is 13.3. The summed E-state index contributed by atoms with van der Waals surface area (Å²) in [5.41, 5.74) is 3.74. The van der Waals surface area contributed by atoms with Crippen LogP contribution < -0.4 is 4.90 Å². The van der Waals surface area contributed by atoms with Gasteiger partial charge in [0.25, 0.3) is 0 Å². The van der Waals surface area contributed by atoms with Gasteiger partial charge in [-0.25, -0.2) is 4.79 Å². The van der Waals surface area contributed by atoms with Crippen molar-refractivity contribution in [3.05, 3.63) is 59.4 Å². The Kier molecular flexibility index (Phi) is 7.88. The van der Waals surface area contributed by atoms with Crippen LogP contribution in [-0.2, 0) is 27.4 Å². The maximum Gasteiger partial charge on any atom is 0.364 e. The molecular weight excluding hydrogens is 328 g/mol. The number of ether oxygens (including phenoxy) is 2. The number of aryl methyl sites for hydroxylation is 1. The zero-order valence-electron chi connectivity index (χ0n) is 16.3. The lowest BCUT2D eigenvalue weighted by atomic mass is 10.1. The average Bonchev–Trinajstić information content (AvgIpc) is 3.05. The maximum atomic E-state index is 12.2. The largest absolute Gasteiger partial charge is 0.462 e. The SMILES string of the molecule is CCOC(=O)[C@@H](C)[NH+](CCOC)Cc1cccn1Cc1cccc(C)c1. The lowest BCUT2D eigenvalue weighted by Gasteiger charge is -2.25. The summed E-state index contributed by atoms with van der Waals surface area (Å²) in [7, 11) is 1.69. The van der Waals surface area contributed by atoms with Crippen molar-refractivity contribution in [2.75, 3.05) is 26.9 Å². The Morgan fingerprint density at radius 2 is 2.08 bits per heavy atom. The first kappa shape index (κ1) is 20.2. The molecule has 1 aromatic heterocycles. The van der Waals surface area contributed by atoms with E-state index < -0.39 is 0 Å². The van der Waals surface area contributed by atoms with E-state index in [9.17, 15) is 4.79 Å². The molecule has 1 unspecified atom stereocenters. The van der Waals surface area contributed by atoms with Crippen molar-refractivity contribution < 1.29 is 19.2 Å². The fraction of sp³-hybridized carbons (Fsp3) is 0.476. The molecule has 0 bridgehead atoms. The number of carbonyl (C=O) groups is 1. The van der Waals surface area contributed by atoms with Gasteiger partial charge in [-0.3, -0.25) is 0 Å². The number of nitrogens with one attached hydrogen (secondary N) is 1. The van der Waals surface area contributed by atoms with Crippen LogP contribution in [0.2, 0.25) is 0 Å². The molecule has 0 aliphatic carbocycles. The number of methoxy groups -OCH3 is 1. The van der Waals surface area contributed by atoms with Gasteiger partial charge in [-0.1, -0.05) is 29.8 Å². The number of carbonyl (C=O) groups excluding carboxylic acids is 1. The number of quaternary nitrogens is 1. The number of hydrogen-bond acceptors (Lipinski definition) is 3. The van der Waals surface area contributed by atoms with Gasteiger partial charge in [0.15, 0.2) is 6.04 Å². The highest BCUT2D eigenvalue weighted by molar-refractivity contribution is 5.73. The molecule has 142 valence electrons. The van der Waals surface area contributed by atoms with Crippen LogP contribution in [-0.4, -0.2) is 43.4 Å². The standard InChI is InChI=1S/C21H30N2O3/c1-5-26-21(24)18(3)22(12-13-25-4)16-20-10-7-11-23(20)15-19-9-6-8-17(2)14-19/h6-11,14,18H,5,12-13,15-16H2,1-4H3/p+1/t18-/m1/s1. The van der Waals surface area contributed by atoms with Crippen LogP contribution in [0.1, 0.15) is 30.7 Å². The summed E-state index contributed by atoms with van der Waals surface area (Å²) >= 11 is 0. The van der Waals surface area contributed by atoms with Gasteiger partial charge < -0.3 is 18.9 Å². The first-order valence-corrected chi connectivity index (χ1v) is 9.24. The molecule has 0 amide bonds. The van der Waals surface area contributed by atoms with E-state index in [-0.39, 0.29) is 12.0 Å². The minimum Gasteiger partial charge on any atom is -0.462 e. The number of nitrogens with zero attached hydrogens (tertiary/aromatic N) is 1. The quantitative estimate of drug-likeness (QED) is 0.658. The third-order valence-corrected chi connectivity index (χ3v) is 4.65. The van der Waals surface area contributed by atoms with E-state index >= 15 is 0 Å². The van der Waals surface area contributed by atoms with Gasteiger partial charge in [0.2, 0.25) is 0 Å². The minimum atomic E-state index is -0.229. The zero-order valence-corrected chi connectivity index (χ0v) is 16.3. The molecule has 0 saturated carbocycles. The molecule has 1 aromatic carbocycles. The fourth-order valence-corrected chi connectivity index (χ4v) is 3.13. The highest BCUT2D eigenvalue weighted by atomic mass is 16.5. The molecule has 5 nitrogen and oxygen atoms in total. The van der Waals surface area contributed by atoms with Crippen molar-refractivity contribution in [3.63, 3.8) is 0 Å². The third-order valence-electron chi connectivity index (χ3n) is 4.65. The van der Waals surface area contributed by atoms with Gasteiger partial charge in [-0.05, 0) is 38.5 Å². The number of rotatable bonds is 10. The number of aromatic nitrogens is 1. The molecule has 26 heavy (non-hydrogen) atoms. The molecule has 0 fully saturated rings. The van der Waals surface area contributed by atoms with Crippen LogP contribution in [0.25, 0.3) is 0 Å². The molecule has 2 atom stereocenters. The van der Waals surface area contributed by atoms with Crippen molar-refractivity contribution in [1.82, 2.24) is 4.57 Å². The average molecular weight is 359 g/mol. The van der Waals surface area contributed by atoms with E-state index in [0.717, 1.165) is 24.5 Å². The van der Waals surface area contributed by atoms with Crippen molar-refractivity contribution in [2.24, 2.45) is 0 Å². The predicted octanol–water partition coefficient (Wildman–Crippen LogP) is 1.83. The molecule has 1 N–H and O–H groups in total. The fourth-order valence-electron chi connectivity index (χ4n) is 3.13. The molecular formula is C21H31N2O3+. The Labute approximate surface area is 156 Å². The van der Waals surface area contributed by atoms with Gasteiger partial charge in [-0.15, -0.1) is 0 Å². The van der Waals surface area contributed by atoms with Crippen molar-refractivity contribution in [2.45, 2.75) is 39.9 Å². The monoisotopic (exact) mass is 359 g/mol. The highest BCUT2D eigenvalue weighted by Crippen LogP contribution is 2.09. The minimum absolute atomic E-state index is 0.157. The molecule has 5 heteroatoms. The van der Waals surface area contributed by atoms with Crippen LogP contribution >= 0.6 is 0 Å². The number of hydrogen-bond donors (Lipinski definition) is 1. The molecule has 2 rings (SSSR count). The Bertz CT molecular complexity index is 696. The van der Waals surface area contributed by atoms with Gasteiger partial charge in [0.1, 0.15) is 13.1 Å². The number of esters is 1. The molecule has 0 aliphatic rings. The molecule has 0 radical (unpaired) electrons. The smallest absolute Gasteiger partial charge is 0.364 e. The summed E-state index contributed by atoms with van der Waals surface area (Å²) in [5.74, 6) is -0.157. The predicted molar refractivity (Wildman–Crippen MR) is 102 cm³/mol. The van der Waals surface area contributed by atoms with E-state index in [2.05, 4.69) is 54.1 Å². The molecule has 2 aromatic rings. The lowest BCUT2D eigenvalue weighted by Crippen LogP contribution is -3.15. The van der Waals surface area contributed by atoms with Gasteiger partial charge >= 0.3 is 5.97 Å². The lowest BCUT2D eigenvalue weighted by molar-refractivity contribution is -0.929. The van der Waals surface area contributed by atoms with Gasteiger partial charge in [-0.2, -0.15) is 0 Å². The normalized spacial score (nSPS) is 13.4. The highest BCUT2D eigenvalue weighted by Gasteiger charge is 2.27. The summed E-state index contributed by atoms with van der Waals surface area (Å²) in [6.45, 7) is 9.23. The Morgan fingerprint density at radius 1 is 1.27 bits per heavy atom. The zero-order chi connectivity index (χ0) is 18.9. The van der Waals surface area contributed by atoms with E-state index in [1.807, 2.05) is 13.8 Å². The van der Waals surface area contributed by atoms with E-state index in [0.29, 0.717) is 13.2 Å². The summed E-state index contributed by atoms with van der Waals surface area (Å²) in [6.07, 6.45) is 2.10. The van der Waals surface area contributed by atoms with Crippen LogP contribution in [0.3, 0.4) is 0 Å². The summed E-state index contributed by atoms with van der Waals surface area (Å²) in [5, 5.41) is 0. The topological polar surface area (TPSA) is 44.9 Å². The molecule has 0 saturated heterocycles. The van der Waals surface area contributed by atoms with Crippen molar-refractivity contribution in [1.29, 1.82) is 0 Å². The Morgan fingerprint density at radius 3 is 2.77 bits per heavy atom. The van der Waals surface area contributed by atoms with Gasteiger partial charge in [0, 0.05) is 19.9 Å². The van der Waals surface area contributed by atoms with Crippen LogP contribution in [0, 0.1) is 6.92 Å². The first-order chi connectivity index (χ1) is 12.5. The maximum absolute atomic E-state index is 12.2. The third kappa shape index (κ3) is 5.71. The van der Waals surface area contributed by atoms with Gasteiger partial charge in [0.05, 0.1) is 18.9 Å². The van der Waals surface area contributed by atoms with E-state index in [1.165, 1.54) is 16.8 Å². The second-order valence-corrected chi connectivity index (χ2v) is 6.67. The van der Waals surface area contributed by atoms with Crippen LogP contribution in [0.5, 0.6) is 0 Å². The first-order valence-electron chi connectivity index (χ1n) is 9.24. The van der Waals surface area contributed by atoms with E-state index in [4.69, 9.17) is 9.47 Å². The molecule has 1 heterocycles. The Balaban J connectivity index is 2.12. The van der Waals surface area contributed by atoms with Crippen LogP contribution in [0.4, 0.5) is 0 Å². The number of benzene rings is 1. The molecule has 0 spiro atoms. The summed E-state index contributed by atoms with van der Waals surface area (Å²) in [6, 6.07) is 12.5. The van der Waals surface area contributed by atoms with Crippen molar-refractivity contribution in [3.8, 4) is 0 Å². The van der Waals surface area contributed by atoms with Crippen LogP contribution in [0.15, 0.2) is 42.6 Å². The molecule has 0 aliphatic heterocycles. The van der Waals surface area contributed by atoms with E-state index in [1.54, 1.807) is 7.11 Å². The van der Waals surface area contributed by atoms with Crippen molar-refractivity contribution >= 4 is 5.97 Å². The second kappa shape index (κ2) is 10.1. The Hall–Kier alpha value is -2.11. The second-order valence-electron chi connectivity index (χ2n) is 6.67. The summed E-state index contributed by atoms with van der Waals surface area (Å²) < 4.78 is 12.7.